The Morgan fingerprint density at radius 1 is 0.923 bits per heavy atom. The quantitative estimate of drug-likeness (QED) is 0.776. The van der Waals surface area contributed by atoms with Crippen LogP contribution in [0.2, 0.25) is 0 Å². The van der Waals surface area contributed by atoms with E-state index in [4.69, 9.17) is 9.57 Å². The Kier molecular flexibility index (Phi) is 6.74. The monoisotopic (exact) mass is 356 g/mol. The minimum Gasteiger partial charge on any atom is -0.444 e. The Morgan fingerprint density at radius 2 is 1.58 bits per heavy atom. The molecular formula is C20H24N2O4. The van der Waals surface area contributed by atoms with Crippen molar-refractivity contribution in [1.82, 2.24) is 10.8 Å². The van der Waals surface area contributed by atoms with Crippen molar-refractivity contribution in [3.8, 4) is 0 Å². The molecule has 0 atom stereocenters. The second kappa shape index (κ2) is 9.01. The third-order valence-corrected chi connectivity index (χ3v) is 3.30. The number of hydrogen-bond donors (Lipinski definition) is 2. The van der Waals surface area contributed by atoms with Crippen LogP contribution in [0.4, 0.5) is 4.79 Å². The Labute approximate surface area is 153 Å². The molecule has 0 saturated carbocycles. The maximum Gasteiger partial charge on any atom is 0.407 e. The number of hydroxylamine groups is 1. The van der Waals surface area contributed by atoms with Crippen LogP contribution < -0.4 is 10.8 Å². The molecule has 2 aromatic carbocycles. The van der Waals surface area contributed by atoms with Crippen LogP contribution in [0.3, 0.4) is 0 Å². The molecule has 0 spiro atoms. The fourth-order valence-corrected chi connectivity index (χ4v) is 2.08. The molecular weight excluding hydrogens is 332 g/mol. The van der Waals surface area contributed by atoms with Crippen molar-refractivity contribution in [3.63, 3.8) is 0 Å². The summed E-state index contributed by atoms with van der Waals surface area (Å²) in [5.74, 6) is -0.326. The van der Waals surface area contributed by atoms with Gasteiger partial charge in [0.15, 0.2) is 0 Å². The first-order chi connectivity index (χ1) is 12.3. The molecule has 0 radical (unpaired) electrons. The number of nitrogens with one attached hydrogen (secondary N) is 2. The van der Waals surface area contributed by atoms with E-state index in [2.05, 4.69) is 10.8 Å². The first-order valence-corrected chi connectivity index (χ1v) is 8.35. The first kappa shape index (κ1) is 19.5. The van der Waals surface area contributed by atoms with Gasteiger partial charge in [0.2, 0.25) is 0 Å². The summed E-state index contributed by atoms with van der Waals surface area (Å²) in [7, 11) is 0. The van der Waals surface area contributed by atoms with Gasteiger partial charge in [0, 0.05) is 12.1 Å². The molecule has 6 heteroatoms. The molecule has 2 aromatic rings. The van der Waals surface area contributed by atoms with E-state index in [0.29, 0.717) is 18.7 Å². The van der Waals surface area contributed by atoms with Gasteiger partial charge in [0.05, 0.1) is 6.61 Å². The fraction of sp³-hybridized carbons (Fsp3) is 0.300. The number of rotatable bonds is 6. The maximum atomic E-state index is 12.0. The first-order valence-electron chi connectivity index (χ1n) is 8.35. The molecule has 0 bridgehead atoms. The van der Waals surface area contributed by atoms with Crippen molar-refractivity contribution in [2.24, 2.45) is 0 Å². The van der Waals surface area contributed by atoms with Gasteiger partial charge in [-0.2, -0.15) is 0 Å². The maximum absolute atomic E-state index is 12.0. The average molecular weight is 356 g/mol. The van der Waals surface area contributed by atoms with E-state index in [-0.39, 0.29) is 5.91 Å². The average Bonchev–Trinajstić information content (AvgIpc) is 2.60. The van der Waals surface area contributed by atoms with Crippen molar-refractivity contribution in [2.45, 2.75) is 39.5 Å². The van der Waals surface area contributed by atoms with Crippen LogP contribution in [0.25, 0.3) is 0 Å². The SMILES string of the molecule is CC(C)(C)OC(=O)NCc1ccc(C(=O)NOCc2ccccc2)cc1. The highest BCUT2D eigenvalue weighted by Crippen LogP contribution is 2.08. The third-order valence-electron chi connectivity index (χ3n) is 3.30. The van der Waals surface area contributed by atoms with Gasteiger partial charge < -0.3 is 10.1 Å². The predicted octanol–water partition coefficient (Wildman–Crippen LogP) is 3.57. The van der Waals surface area contributed by atoms with Crippen molar-refractivity contribution in [2.75, 3.05) is 0 Å². The molecule has 0 unspecified atom stereocenters. The van der Waals surface area contributed by atoms with Gasteiger partial charge in [0.25, 0.3) is 5.91 Å². The summed E-state index contributed by atoms with van der Waals surface area (Å²) in [6.07, 6.45) is -0.478. The van der Waals surface area contributed by atoms with Crippen LogP contribution in [-0.4, -0.2) is 17.6 Å². The van der Waals surface area contributed by atoms with Crippen LogP contribution in [0.1, 0.15) is 42.3 Å². The molecule has 6 nitrogen and oxygen atoms in total. The Morgan fingerprint density at radius 3 is 2.19 bits per heavy atom. The second-order valence-electron chi connectivity index (χ2n) is 6.76. The lowest BCUT2D eigenvalue weighted by Gasteiger charge is -2.19. The summed E-state index contributed by atoms with van der Waals surface area (Å²) >= 11 is 0. The standard InChI is InChI=1S/C20H24N2O4/c1-20(2,3)26-19(24)21-13-15-9-11-17(12-10-15)18(23)22-25-14-16-7-5-4-6-8-16/h4-12H,13-14H2,1-3H3,(H,21,24)(H,22,23). The number of ether oxygens (including phenoxy) is 1. The lowest BCUT2D eigenvalue weighted by molar-refractivity contribution is 0.0233. The van der Waals surface area contributed by atoms with Crippen molar-refractivity contribution in [3.05, 3.63) is 71.3 Å². The van der Waals surface area contributed by atoms with Crippen LogP contribution >= 0.6 is 0 Å². The van der Waals surface area contributed by atoms with E-state index in [9.17, 15) is 9.59 Å². The molecule has 2 N–H and O–H groups in total. The van der Waals surface area contributed by atoms with Crippen LogP contribution in [-0.2, 0) is 22.7 Å². The number of benzene rings is 2. The lowest BCUT2D eigenvalue weighted by atomic mass is 10.1. The number of amides is 2. The number of carbonyl (C=O) groups is 2. The highest BCUT2D eigenvalue weighted by atomic mass is 16.6. The van der Waals surface area contributed by atoms with E-state index in [1.807, 2.05) is 30.3 Å². The van der Waals surface area contributed by atoms with E-state index in [0.717, 1.165) is 11.1 Å². The molecule has 0 saturated heterocycles. The Balaban J connectivity index is 1.77. The molecule has 2 amide bonds. The third kappa shape index (κ3) is 6.94. The zero-order valence-electron chi connectivity index (χ0n) is 15.2. The van der Waals surface area contributed by atoms with Crippen molar-refractivity contribution in [1.29, 1.82) is 0 Å². The molecule has 26 heavy (non-hydrogen) atoms. The zero-order valence-corrected chi connectivity index (χ0v) is 15.2. The molecule has 0 aliphatic heterocycles. The van der Waals surface area contributed by atoms with Crippen molar-refractivity contribution >= 4 is 12.0 Å². The Hall–Kier alpha value is -2.86. The van der Waals surface area contributed by atoms with Gasteiger partial charge >= 0.3 is 6.09 Å². The lowest BCUT2D eigenvalue weighted by Crippen LogP contribution is -2.32. The molecule has 0 fully saturated rings. The fourth-order valence-electron chi connectivity index (χ4n) is 2.08. The predicted molar refractivity (Wildman–Crippen MR) is 98.2 cm³/mol. The Bertz CT molecular complexity index is 722. The topological polar surface area (TPSA) is 76.7 Å². The van der Waals surface area contributed by atoms with E-state index in [1.165, 1.54) is 0 Å². The van der Waals surface area contributed by atoms with Gasteiger partial charge in [-0.1, -0.05) is 42.5 Å². The molecule has 2 rings (SSSR count). The van der Waals surface area contributed by atoms with E-state index >= 15 is 0 Å². The van der Waals surface area contributed by atoms with E-state index in [1.54, 1.807) is 45.0 Å². The smallest absolute Gasteiger partial charge is 0.407 e. The van der Waals surface area contributed by atoms with Gasteiger partial charge in [0.1, 0.15) is 5.60 Å². The number of alkyl carbamates (subject to hydrolysis) is 1. The second-order valence-corrected chi connectivity index (χ2v) is 6.76. The molecule has 138 valence electrons. The number of carbonyl (C=O) groups excluding carboxylic acids is 2. The van der Waals surface area contributed by atoms with Gasteiger partial charge in [-0.3, -0.25) is 9.63 Å². The number of hydrogen-bond acceptors (Lipinski definition) is 4. The van der Waals surface area contributed by atoms with Crippen LogP contribution in [0, 0.1) is 0 Å². The highest BCUT2D eigenvalue weighted by Gasteiger charge is 2.15. The van der Waals surface area contributed by atoms with Gasteiger partial charge in [-0.25, -0.2) is 10.3 Å². The molecule has 0 aliphatic rings. The van der Waals surface area contributed by atoms with Crippen LogP contribution in [0.5, 0.6) is 0 Å². The summed E-state index contributed by atoms with van der Waals surface area (Å²) in [5, 5.41) is 2.67. The van der Waals surface area contributed by atoms with Gasteiger partial charge in [-0.15, -0.1) is 0 Å². The van der Waals surface area contributed by atoms with Crippen LogP contribution in [0.15, 0.2) is 54.6 Å². The molecule has 0 aromatic heterocycles. The summed E-state index contributed by atoms with van der Waals surface area (Å²) in [6, 6.07) is 16.4. The minimum atomic E-state index is -0.536. The van der Waals surface area contributed by atoms with E-state index < -0.39 is 11.7 Å². The molecule has 0 heterocycles. The largest absolute Gasteiger partial charge is 0.444 e. The summed E-state index contributed by atoms with van der Waals surface area (Å²) in [6.45, 7) is 6.03. The summed E-state index contributed by atoms with van der Waals surface area (Å²) in [5.41, 5.74) is 4.18. The minimum absolute atomic E-state index is 0.296. The van der Waals surface area contributed by atoms with Gasteiger partial charge in [-0.05, 0) is 44.0 Å². The molecule has 0 aliphatic carbocycles. The normalized spacial score (nSPS) is 10.9. The zero-order chi connectivity index (χ0) is 19.0. The van der Waals surface area contributed by atoms with Crippen molar-refractivity contribution < 1.29 is 19.2 Å². The summed E-state index contributed by atoms with van der Waals surface area (Å²) < 4.78 is 5.17. The highest BCUT2D eigenvalue weighted by molar-refractivity contribution is 5.93. The summed E-state index contributed by atoms with van der Waals surface area (Å²) in [4.78, 5) is 28.9.